The lowest BCUT2D eigenvalue weighted by molar-refractivity contribution is -0.475. The van der Waals surface area contributed by atoms with Crippen molar-refractivity contribution >= 4 is 9.84 Å². The zero-order valence-corrected chi connectivity index (χ0v) is 17.7. The first-order valence-corrected chi connectivity index (χ1v) is 11.3. The van der Waals surface area contributed by atoms with Crippen molar-refractivity contribution in [3.63, 3.8) is 0 Å². The third-order valence-corrected chi connectivity index (χ3v) is 7.91. The van der Waals surface area contributed by atoms with E-state index in [4.69, 9.17) is 9.78 Å². The van der Waals surface area contributed by atoms with Gasteiger partial charge in [0.1, 0.15) is 5.25 Å². The standard InChI is InChI=1S/C24H24O5S/c1-18-13-15-21(16-14-18)30(26,27)22-17-24(29-28-23(22,2)25,19-9-5-3-6-10-19)20-11-7-4-8-12-20/h3-16,22,25H,17H2,1-2H3/t22-,23+/m0/s1. The Balaban J connectivity index is 1.86. The van der Waals surface area contributed by atoms with Gasteiger partial charge in [-0.1, -0.05) is 78.4 Å². The van der Waals surface area contributed by atoms with E-state index in [1.165, 1.54) is 6.92 Å². The maximum Gasteiger partial charge on any atom is 0.213 e. The van der Waals surface area contributed by atoms with E-state index >= 15 is 0 Å². The Hall–Kier alpha value is -2.51. The highest BCUT2D eigenvalue weighted by molar-refractivity contribution is 7.92. The van der Waals surface area contributed by atoms with Gasteiger partial charge in [-0.15, -0.1) is 0 Å². The van der Waals surface area contributed by atoms with Gasteiger partial charge in [0.25, 0.3) is 0 Å². The second kappa shape index (κ2) is 7.63. The summed E-state index contributed by atoms with van der Waals surface area (Å²) in [4.78, 5) is 11.4. The van der Waals surface area contributed by atoms with Gasteiger partial charge >= 0.3 is 0 Å². The van der Waals surface area contributed by atoms with Gasteiger partial charge in [-0.2, -0.15) is 4.89 Å². The third-order valence-electron chi connectivity index (χ3n) is 5.63. The molecule has 1 fully saturated rings. The number of rotatable bonds is 4. The van der Waals surface area contributed by atoms with Crippen LogP contribution in [0.3, 0.4) is 0 Å². The first-order chi connectivity index (χ1) is 14.3. The summed E-state index contributed by atoms with van der Waals surface area (Å²) in [6, 6.07) is 25.3. The third kappa shape index (κ3) is 3.56. The van der Waals surface area contributed by atoms with Gasteiger partial charge in [-0.05, 0) is 37.1 Å². The highest BCUT2D eigenvalue weighted by Crippen LogP contribution is 2.47. The first kappa shape index (κ1) is 20.8. The van der Waals surface area contributed by atoms with Crippen LogP contribution in [0.2, 0.25) is 0 Å². The maximum absolute atomic E-state index is 13.6. The Kier molecular flexibility index (Phi) is 5.28. The van der Waals surface area contributed by atoms with Gasteiger partial charge in [0.05, 0.1) is 4.90 Å². The predicted molar refractivity (Wildman–Crippen MR) is 113 cm³/mol. The predicted octanol–water partition coefficient (Wildman–Crippen LogP) is 4.14. The van der Waals surface area contributed by atoms with Crippen LogP contribution in [-0.4, -0.2) is 24.6 Å². The summed E-state index contributed by atoms with van der Waals surface area (Å²) in [5.41, 5.74) is 1.26. The SMILES string of the molecule is Cc1ccc(S(=O)(=O)[C@H]2CC(c3ccccc3)(c3ccccc3)OO[C@@]2(C)O)cc1. The molecule has 0 aromatic heterocycles. The smallest absolute Gasteiger partial charge is 0.213 e. The minimum absolute atomic E-state index is 0.00969. The van der Waals surface area contributed by atoms with Crippen molar-refractivity contribution < 1.29 is 23.3 Å². The molecule has 0 unspecified atom stereocenters. The molecule has 4 rings (SSSR count). The summed E-state index contributed by atoms with van der Waals surface area (Å²) in [6.45, 7) is 3.21. The fourth-order valence-electron chi connectivity index (χ4n) is 3.90. The van der Waals surface area contributed by atoms with E-state index in [1.54, 1.807) is 24.3 Å². The van der Waals surface area contributed by atoms with E-state index in [1.807, 2.05) is 67.6 Å². The zero-order chi connectivity index (χ0) is 21.4. The van der Waals surface area contributed by atoms with Gasteiger partial charge in [0.2, 0.25) is 5.79 Å². The van der Waals surface area contributed by atoms with Crippen LogP contribution in [0.4, 0.5) is 0 Å². The van der Waals surface area contributed by atoms with E-state index < -0.39 is 26.5 Å². The molecule has 0 aliphatic carbocycles. The minimum atomic E-state index is -3.93. The van der Waals surface area contributed by atoms with Crippen molar-refractivity contribution in [3.05, 3.63) is 102 Å². The molecule has 1 N–H and O–H groups in total. The molecule has 5 nitrogen and oxygen atoms in total. The summed E-state index contributed by atoms with van der Waals surface area (Å²) in [5.74, 6) is -2.02. The van der Waals surface area contributed by atoms with Crippen LogP contribution in [-0.2, 0) is 25.2 Å². The average molecular weight is 425 g/mol. The maximum atomic E-state index is 13.6. The number of hydrogen-bond acceptors (Lipinski definition) is 5. The fraction of sp³-hybridized carbons (Fsp3) is 0.250. The molecule has 1 saturated heterocycles. The fourth-order valence-corrected chi connectivity index (χ4v) is 5.81. The number of benzene rings is 3. The normalized spacial score (nSPS) is 23.8. The van der Waals surface area contributed by atoms with Gasteiger partial charge < -0.3 is 5.11 Å². The highest BCUT2D eigenvalue weighted by atomic mass is 32.2. The number of sulfone groups is 1. The van der Waals surface area contributed by atoms with Crippen LogP contribution < -0.4 is 0 Å². The van der Waals surface area contributed by atoms with Crippen LogP contribution in [0.25, 0.3) is 0 Å². The van der Waals surface area contributed by atoms with Gasteiger partial charge in [0, 0.05) is 6.42 Å². The molecule has 0 amide bonds. The van der Waals surface area contributed by atoms with Crippen molar-refractivity contribution in [2.45, 2.75) is 41.8 Å². The number of aryl methyl sites for hydroxylation is 1. The molecule has 0 spiro atoms. The van der Waals surface area contributed by atoms with Gasteiger partial charge in [-0.25, -0.2) is 13.3 Å². The largest absolute Gasteiger partial charge is 0.362 e. The van der Waals surface area contributed by atoms with E-state index in [9.17, 15) is 13.5 Å². The molecule has 6 heteroatoms. The Labute approximate surface area is 176 Å². The van der Waals surface area contributed by atoms with E-state index in [0.29, 0.717) is 0 Å². The van der Waals surface area contributed by atoms with Gasteiger partial charge in [0.15, 0.2) is 15.4 Å². The average Bonchev–Trinajstić information content (AvgIpc) is 2.75. The van der Waals surface area contributed by atoms with Crippen LogP contribution in [0.1, 0.15) is 30.0 Å². The van der Waals surface area contributed by atoms with Crippen LogP contribution in [0.15, 0.2) is 89.8 Å². The lowest BCUT2D eigenvalue weighted by atomic mass is 9.81. The lowest BCUT2D eigenvalue weighted by Gasteiger charge is -2.45. The molecule has 1 heterocycles. The molecule has 0 saturated carbocycles. The Morgan fingerprint density at radius 1 is 0.833 bits per heavy atom. The van der Waals surface area contributed by atoms with Crippen molar-refractivity contribution in [2.75, 3.05) is 0 Å². The molecule has 0 bridgehead atoms. The zero-order valence-electron chi connectivity index (χ0n) is 16.9. The molecule has 30 heavy (non-hydrogen) atoms. The number of aliphatic hydroxyl groups is 1. The summed E-state index contributed by atoms with van der Waals surface area (Å²) < 4.78 is 27.1. The molecular formula is C24H24O5S. The molecule has 0 radical (unpaired) electrons. The quantitative estimate of drug-likeness (QED) is 0.637. The molecule has 156 valence electrons. The lowest BCUT2D eigenvalue weighted by Crippen LogP contribution is -2.56. The van der Waals surface area contributed by atoms with Gasteiger partial charge in [-0.3, -0.25) is 0 Å². The van der Waals surface area contributed by atoms with Crippen LogP contribution >= 0.6 is 0 Å². The van der Waals surface area contributed by atoms with Crippen molar-refractivity contribution in [2.24, 2.45) is 0 Å². The highest BCUT2D eigenvalue weighted by Gasteiger charge is 2.56. The summed E-state index contributed by atoms with van der Waals surface area (Å²) in [6.07, 6.45) is -0.00969. The number of hydrogen-bond donors (Lipinski definition) is 1. The Morgan fingerprint density at radius 3 is 1.83 bits per heavy atom. The van der Waals surface area contributed by atoms with Crippen molar-refractivity contribution in [1.82, 2.24) is 0 Å². The first-order valence-electron chi connectivity index (χ1n) is 9.76. The minimum Gasteiger partial charge on any atom is -0.362 e. The second-order valence-electron chi connectivity index (χ2n) is 7.83. The topological polar surface area (TPSA) is 72.8 Å². The summed E-state index contributed by atoms with van der Waals surface area (Å²) >= 11 is 0. The molecule has 1 aliphatic rings. The van der Waals surface area contributed by atoms with E-state index in [-0.39, 0.29) is 11.3 Å². The summed E-state index contributed by atoms with van der Waals surface area (Å²) in [5, 5.41) is 9.64. The molecule has 2 atom stereocenters. The van der Waals surface area contributed by atoms with Crippen molar-refractivity contribution in [1.29, 1.82) is 0 Å². The van der Waals surface area contributed by atoms with E-state index in [0.717, 1.165) is 16.7 Å². The van der Waals surface area contributed by atoms with E-state index in [2.05, 4.69) is 0 Å². The second-order valence-corrected chi connectivity index (χ2v) is 9.96. The Bertz CT molecular complexity index is 1070. The van der Waals surface area contributed by atoms with Crippen LogP contribution in [0.5, 0.6) is 0 Å². The molecule has 1 aliphatic heterocycles. The van der Waals surface area contributed by atoms with Crippen molar-refractivity contribution in [3.8, 4) is 0 Å². The molecule has 3 aromatic carbocycles. The molecule has 3 aromatic rings. The molecular weight excluding hydrogens is 400 g/mol. The monoisotopic (exact) mass is 424 g/mol. The van der Waals surface area contributed by atoms with Crippen LogP contribution in [0, 0.1) is 6.92 Å². The Morgan fingerprint density at radius 2 is 1.33 bits per heavy atom. The summed E-state index contributed by atoms with van der Waals surface area (Å²) in [7, 11) is -3.93.